The van der Waals surface area contributed by atoms with Crippen LogP contribution in [-0.2, 0) is 27.3 Å². The number of hydrogen-bond donors (Lipinski definition) is 2. The molecule has 1 aromatic heterocycles. The van der Waals surface area contributed by atoms with Gasteiger partial charge in [-0.2, -0.15) is 0 Å². The van der Waals surface area contributed by atoms with Crippen LogP contribution in [0.3, 0.4) is 0 Å². The van der Waals surface area contributed by atoms with Crippen molar-refractivity contribution in [2.75, 3.05) is 33.9 Å². The molecule has 0 unspecified atom stereocenters. The summed E-state index contributed by atoms with van der Waals surface area (Å²) in [7, 11) is 3.18. The van der Waals surface area contributed by atoms with Crippen molar-refractivity contribution in [1.29, 1.82) is 0 Å². The van der Waals surface area contributed by atoms with Gasteiger partial charge in [0, 0.05) is 37.3 Å². The molecule has 1 aliphatic heterocycles. The highest BCUT2D eigenvalue weighted by molar-refractivity contribution is 5.90. The number of methoxy groups -OCH3 is 2. The van der Waals surface area contributed by atoms with Gasteiger partial charge in [-0.05, 0) is 69.4 Å². The summed E-state index contributed by atoms with van der Waals surface area (Å²) in [6, 6.07) is 5.46. The summed E-state index contributed by atoms with van der Waals surface area (Å²) in [6.07, 6.45) is 2.36. The number of carbonyl (C=O) groups excluding carboxylic acids is 3. The van der Waals surface area contributed by atoms with Gasteiger partial charge in [0.1, 0.15) is 17.2 Å². The average molecular weight is 500 g/mol. The first kappa shape index (κ1) is 27.1. The number of piperidine rings is 1. The number of nitrogens with zero attached hydrogens (tertiary/aromatic N) is 1. The Morgan fingerprint density at radius 1 is 1.17 bits per heavy atom. The third-order valence-electron chi connectivity index (χ3n) is 6.75. The van der Waals surface area contributed by atoms with Gasteiger partial charge in [-0.25, -0.2) is 4.79 Å². The molecule has 2 heterocycles. The molecule has 1 saturated heterocycles. The van der Waals surface area contributed by atoms with Crippen molar-refractivity contribution in [1.82, 2.24) is 15.2 Å². The third kappa shape index (κ3) is 6.38. The lowest BCUT2D eigenvalue weighted by atomic mass is 9.96. The van der Waals surface area contributed by atoms with E-state index in [1.54, 1.807) is 26.0 Å². The highest BCUT2D eigenvalue weighted by atomic mass is 16.5. The Balaban J connectivity index is 1.56. The third-order valence-corrected chi connectivity index (χ3v) is 6.75. The molecule has 0 radical (unpaired) electrons. The van der Waals surface area contributed by atoms with E-state index in [0.29, 0.717) is 56.3 Å². The zero-order valence-electron chi connectivity index (χ0n) is 21.9. The number of carbonyl (C=O) groups is 3. The monoisotopic (exact) mass is 499 g/mol. The number of aryl methyl sites for hydroxylation is 1. The van der Waals surface area contributed by atoms with Crippen LogP contribution in [0.1, 0.15) is 59.1 Å². The van der Waals surface area contributed by atoms with E-state index in [2.05, 4.69) is 10.3 Å². The van der Waals surface area contributed by atoms with Crippen molar-refractivity contribution >= 4 is 17.8 Å². The van der Waals surface area contributed by atoms with Gasteiger partial charge >= 0.3 is 5.97 Å². The summed E-state index contributed by atoms with van der Waals surface area (Å²) in [5.74, 6) is 0.667. The maximum atomic E-state index is 13.0. The Morgan fingerprint density at radius 3 is 2.64 bits per heavy atom. The van der Waals surface area contributed by atoms with Gasteiger partial charge in [0.2, 0.25) is 11.8 Å². The van der Waals surface area contributed by atoms with Crippen LogP contribution >= 0.6 is 0 Å². The number of H-pyrrole nitrogens is 1. The molecule has 196 valence electrons. The molecular formula is C27H37N3O6. The lowest BCUT2D eigenvalue weighted by Crippen LogP contribution is -2.45. The van der Waals surface area contributed by atoms with Gasteiger partial charge in [-0.3, -0.25) is 9.59 Å². The Hall–Kier alpha value is -3.49. The molecule has 0 spiro atoms. The summed E-state index contributed by atoms with van der Waals surface area (Å²) < 4.78 is 15.8. The second kappa shape index (κ2) is 12.5. The number of esters is 1. The van der Waals surface area contributed by atoms with E-state index in [1.165, 1.54) is 0 Å². The molecule has 2 N–H and O–H groups in total. The van der Waals surface area contributed by atoms with Crippen LogP contribution in [0.5, 0.6) is 11.5 Å². The van der Waals surface area contributed by atoms with Gasteiger partial charge in [0.15, 0.2) is 0 Å². The SMILES string of the molecule is CCOC(=O)c1[nH]c(C)c(CCC(=O)N2CCC[C@@H](C(=O)NCc3cc(OC)ccc3OC)C2)c1C. The van der Waals surface area contributed by atoms with Crippen molar-refractivity contribution < 1.29 is 28.6 Å². The van der Waals surface area contributed by atoms with E-state index in [1.807, 2.05) is 32.0 Å². The number of nitrogens with one attached hydrogen (secondary N) is 2. The molecule has 36 heavy (non-hydrogen) atoms. The number of hydrogen-bond acceptors (Lipinski definition) is 6. The number of rotatable bonds is 10. The first-order valence-corrected chi connectivity index (χ1v) is 12.4. The highest BCUT2D eigenvalue weighted by Crippen LogP contribution is 2.25. The summed E-state index contributed by atoms with van der Waals surface area (Å²) in [6.45, 7) is 7.21. The number of likely N-dealkylation sites (tertiary alicyclic amines) is 1. The van der Waals surface area contributed by atoms with Crippen LogP contribution in [0.2, 0.25) is 0 Å². The molecule has 1 aromatic carbocycles. The van der Waals surface area contributed by atoms with Crippen LogP contribution < -0.4 is 14.8 Å². The maximum Gasteiger partial charge on any atom is 0.355 e. The van der Waals surface area contributed by atoms with Gasteiger partial charge in [0.25, 0.3) is 0 Å². The van der Waals surface area contributed by atoms with Gasteiger partial charge in [-0.15, -0.1) is 0 Å². The quantitative estimate of drug-likeness (QED) is 0.486. The van der Waals surface area contributed by atoms with E-state index in [9.17, 15) is 14.4 Å². The normalized spacial score (nSPS) is 15.4. The Morgan fingerprint density at radius 2 is 1.94 bits per heavy atom. The van der Waals surface area contributed by atoms with Crippen LogP contribution in [0, 0.1) is 19.8 Å². The molecule has 0 bridgehead atoms. The van der Waals surface area contributed by atoms with Crippen molar-refractivity contribution in [3.8, 4) is 11.5 Å². The molecule has 1 atom stereocenters. The first-order valence-electron chi connectivity index (χ1n) is 12.4. The number of amides is 2. The predicted octanol–water partition coefficient (Wildman–Crippen LogP) is 3.31. The summed E-state index contributed by atoms with van der Waals surface area (Å²) in [4.78, 5) is 42.9. The first-order chi connectivity index (χ1) is 17.3. The van der Waals surface area contributed by atoms with E-state index in [4.69, 9.17) is 14.2 Å². The fourth-order valence-corrected chi connectivity index (χ4v) is 4.73. The Labute approximate surface area is 212 Å². The number of ether oxygens (including phenoxy) is 3. The van der Waals surface area contributed by atoms with Crippen molar-refractivity contribution in [2.24, 2.45) is 5.92 Å². The predicted molar refractivity (Wildman–Crippen MR) is 135 cm³/mol. The summed E-state index contributed by atoms with van der Waals surface area (Å²) >= 11 is 0. The maximum absolute atomic E-state index is 13.0. The zero-order valence-corrected chi connectivity index (χ0v) is 21.9. The minimum atomic E-state index is -0.382. The molecule has 1 aliphatic rings. The largest absolute Gasteiger partial charge is 0.497 e. The topological polar surface area (TPSA) is 110 Å². The summed E-state index contributed by atoms with van der Waals surface area (Å²) in [5.41, 5.74) is 3.92. The van der Waals surface area contributed by atoms with E-state index in [-0.39, 0.29) is 23.7 Å². The second-order valence-electron chi connectivity index (χ2n) is 9.02. The molecule has 2 amide bonds. The van der Waals surface area contributed by atoms with E-state index in [0.717, 1.165) is 35.2 Å². The Bertz CT molecular complexity index is 1090. The van der Waals surface area contributed by atoms with Gasteiger partial charge < -0.3 is 29.4 Å². The highest BCUT2D eigenvalue weighted by Gasteiger charge is 2.29. The van der Waals surface area contributed by atoms with Crippen LogP contribution in [0.4, 0.5) is 0 Å². The minimum Gasteiger partial charge on any atom is -0.497 e. The second-order valence-corrected chi connectivity index (χ2v) is 9.02. The molecule has 9 heteroatoms. The fourth-order valence-electron chi connectivity index (χ4n) is 4.73. The summed E-state index contributed by atoms with van der Waals surface area (Å²) in [5, 5.41) is 2.99. The van der Waals surface area contributed by atoms with E-state index >= 15 is 0 Å². The molecule has 0 saturated carbocycles. The zero-order chi connectivity index (χ0) is 26.2. The smallest absolute Gasteiger partial charge is 0.355 e. The van der Waals surface area contributed by atoms with Crippen LogP contribution in [0.25, 0.3) is 0 Å². The van der Waals surface area contributed by atoms with Gasteiger partial charge in [-0.1, -0.05) is 0 Å². The fraction of sp³-hybridized carbons (Fsp3) is 0.519. The minimum absolute atomic E-state index is 0.0136. The van der Waals surface area contributed by atoms with Crippen molar-refractivity contribution in [3.05, 3.63) is 46.3 Å². The molecular weight excluding hydrogens is 462 g/mol. The molecule has 9 nitrogen and oxygen atoms in total. The molecule has 2 aromatic rings. The Kier molecular flexibility index (Phi) is 9.38. The lowest BCUT2D eigenvalue weighted by molar-refractivity contribution is -0.135. The number of aromatic amines is 1. The number of benzene rings is 1. The molecule has 1 fully saturated rings. The van der Waals surface area contributed by atoms with Crippen LogP contribution in [0.15, 0.2) is 18.2 Å². The average Bonchev–Trinajstić information content (AvgIpc) is 3.18. The lowest BCUT2D eigenvalue weighted by Gasteiger charge is -2.32. The molecule has 0 aliphatic carbocycles. The standard InChI is InChI=1S/C27H37N3O6/c1-6-36-27(33)25-17(2)22(18(3)29-25)10-12-24(31)30-13-7-8-19(16-30)26(32)28-15-20-14-21(34-4)9-11-23(20)35-5/h9,11,14,19,29H,6-8,10,12-13,15-16H2,1-5H3,(H,28,32)/t19-/m1/s1. The molecule has 3 rings (SSSR count). The van der Waals surface area contributed by atoms with Crippen molar-refractivity contribution in [2.45, 2.75) is 53.0 Å². The van der Waals surface area contributed by atoms with Crippen molar-refractivity contribution in [3.63, 3.8) is 0 Å². The van der Waals surface area contributed by atoms with Crippen LogP contribution in [-0.4, -0.2) is 61.6 Å². The van der Waals surface area contributed by atoms with Gasteiger partial charge in [0.05, 0.1) is 26.7 Å². The van der Waals surface area contributed by atoms with E-state index < -0.39 is 0 Å². The number of aromatic nitrogens is 1.